The van der Waals surface area contributed by atoms with Crippen LogP contribution < -0.4 is 14.8 Å². The van der Waals surface area contributed by atoms with E-state index in [4.69, 9.17) is 9.47 Å². The van der Waals surface area contributed by atoms with Gasteiger partial charge in [-0.05, 0) is 47.2 Å². The maximum Gasteiger partial charge on any atom is 0.240 e. The molecule has 5 heteroatoms. The van der Waals surface area contributed by atoms with Gasteiger partial charge in [-0.15, -0.1) is 0 Å². The lowest BCUT2D eigenvalue weighted by molar-refractivity contribution is -0.134. The molecule has 0 bridgehead atoms. The van der Waals surface area contributed by atoms with Gasteiger partial charge in [0, 0.05) is 19.6 Å². The van der Waals surface area contributed by atoms with Crippen molar-refractivity contribution in [2.75, 3.05) is 20.8 Å². The lowest BCUT2D eigenvalue weighted by Gasteiger charge is -2.34. The topological polar surface area (TPSA) is 50.8 Å². The molecule has 2 aliphatic rings. The normalized spacial score (nSPS) is 18.7. The fourth-order valence-electron chi connectivity index (χ4n) is 3.92. The van der Waals surface area contributed by atoms with Crippen molar-refractivity contribution >= 4 is 5.91 Å². The molecular formula is C21H24N2O3. The van der Waals surface area contributed by atoms with Crippen molar-refractivity contribution in [3.05, 3.63) is 58.7 Å². The molecule has 0 aliphatic carbocycles. The number of hydrogen-bond acceptors (Lipinski definition) is 4. The van der Waals surface area contributed by atoms with Crippen LogP contribution in [-0.4, -0.2) is 37.6 Å². The number of benzene rings is 2. The predicted molar refractivity (Wildman–Crippen MR) is 99.4 cm³/mol. The molecule has 0 aromatic heterocycles. The van der Waals surface area contributed by atoms with Crippen molar-refractivity contribution in [1.29, 1.82) is 0 Å². The summed E-state index contributed by atoms with van der Waals surface area (Å²) in [4.78, 5) is 15.0. The maximum absolute atomic E-state index is 13.1. The van der Waals surface area contributed by atoms with Crippen molar-refractivity contribution in [3.8, 4) is 11.5 Å². The molecule has 0 saturated heterocycles. The summed E-state index contributed by atoms with van der Waals surface area (Å²) in [5, 5.41) is 3.40. The summed E-state index contributed by atoms with van der Waals surface area (Å²) < 4.78 is 10.8. The molecule has 136 valence electrons. The first-order valence-corrected chi connectivity index (χ1v) is 9.02. The van der Waals surface area contributed by atoms with Crippen LogP contribution in [0, 0.1) is 0 Å². The molecule has 0 spiro atoms. The Morgan fingerprint density at radius 3 is 2.46 bits per heavy atom. The Kier molecular flexibility index (Phi) is 4.55. The van der Waals surface area contributed by atoms with Crippen LogP contribution in [0.5, 0.6) is 11.5 Å². The van der Waals surface area contributed by atoms with Gasteiger partial charge in [-0.3, -0.25) is 4.79 Å². The molecule has 1 amide bonds. The largest absolute Gasteiger partial charge is 0.493 e. The van der Waals surface area contributed by atoms with Gasteiger partial charge in [0.25, 0.3) is 0 Å². The number of nitrogens with one attached hydrogen (secondary N) is 1. The van der Waals surface area contributed by atoms with Crippen LogP contribution in [0.25, 0.3) is 0 Å². The van der Waals surface area contributed by atoms with Crippen molar-refractivity contribution < 1.29 is 14.3 Å². The van der Waals surface area contributed by atoms with Gasteiger partial charge in [0.15, 0.2) is 11.5 Å². The van der Waals surface area contributed by atoms with Crippen molar-refractivity contribution in [1.82, 2.24) is 10.2 Å². The highest BCUT2D eigenvalue weighted by Gasteiger charge is 2.30. The van der Waals surface area contributed by atoms with Crippen LogP contribution in [0.15, 0.2) is 36.4 Å². The van der Waals surface area contributed by atoms with Gasteiger partial charge in [-0.25, -0.2) is 0 Å². The van der Waals surface area contributed by atoms with E-state index in [1.165, 1.54) is 16.7 Å². The van der Waals surface area contributed by atoms with Gasteiger partial charge >= 0.3 is 0 Å². The molecular weight excluding hydrogens is 328 g/mol. The number of ether oxygens (including phenoxy) is 2. The summed E-state index contributed by atoms with van der Waals surface area (Å²) in [7, 11) is 3.29. The first-order chi connectivity index (χ1) is 12.7. The molecule has 5 nitrogen and oxygen atoms in total. The van der Waals surface area contributed by atoms with Crippen molar-refractivity contribution in [2.45, 2.75) is 32.0 Å². The zero-order valence-electron chi connectivity index (χ0n) is 15.2. The first kappa shape index (κ1) is 16.9. The fourth-order valence-corrected chi connectivity index (χ4v) is 3.92. The lowest BCUT2D eigenvalue weighted by atomic mass is 9.93. The molecule has 1 atom stereocenters. The second kappa shape index (κ2) is 7.00. The molecule has 4 rings (SSSR count). The zero-order chi connectivity index (χ0) is 18.1. The van der Waals surface area contributed by atoms with E-state index in [9.17, 15) is 4.79 Å². The average Bonchev–Trinajstić information content (AvgIpc) is 2.71. The quantitative estimate of drug-likeness (QED) is 0.921. The van der Waals surface area contributed by atoms with Crippen LogP contribution in [0.2, 0.25) is 0 Å². The summed E-state index contributed by atoms with van der Waals surface area (Å²) in [5.41, 5.74) is 4.93. The number of carbonyl (C=O) groups is 1. The SMILES string of the molecule is COc1cc2c(cc1OC)CN(C(=O)[C@@H]1Cc3ccccc3CN1)CC2. The molecule has 1 N–H and O–H groups in total. The number of carbonyl (C=O) groups excluding carboxylic acids is 1. The number of nitrogens with zero attached hydrogens (tertiary/aromatic N) is 1. The standard InChI is InChI=1S/C21H24N2O3/c1-25-19-10-15-7-8-23(13-17(15)11-20(19)26-2)21(24)18-9-14-5-3-4-6-16(14)12-22-18/h3-6,10-11,18,22H,7-9,12-13H2,1-2H3/t18-/m0/s1. The Hall–Kier alpha value is -2.53. The lowest BCUT2D eigenvalue weighted by Crippen LogP contribution is -2.50. The Bertz CT molecular complexity index is 834. The number of amides is 1. The second-order valence-corrected chi connectivity index (χ2v) is 6.89. The zero-order valence-corrected chi connectivity index (χ0v) is 15.2. The van der Waals surface area contributed by atoms with E-state index in [0.717, 1.165) is 37.2 Å². The van der Waals surface area contributed by atoms with E-state index in [2.05, 4.69) is 17.4 Å². The third kappa shape index (κ3) is 3.03. The van der Waals surface area contributed by atoms with Crippen molar-refractivity contribution in [2.24, 2.45) is 0 Å². The van der Waals surface area contributed by atoms with E-state index in [-0.39, 0.29) is 11.9 Å². The smallest absolute Gasteiger partial charge is 0.240 e. The third-order valence-corrected chi connectivity index (χ3v) is 5.41. The monoisotopic (exact) mass is 352 g/mol. The molecule has 2 aromatic rings. The van der Waals surface area contributed by atoms with Gasteiger partial charge in [-0.2, -0.15) is 0 Å². The summed E-state index contributed by atoms with van der Waals surface area (Å²) in [6.45, 7) is 2.11. The highest BCUT2D eigenvalue weighted by molar-refractivity contribution is 5.83. The van der Waals surface area contributed by atoms with Crippen molar-refractivity contribution in [3.63, 3.8) is 0 Å². The highest BCUT2D eigenvalue weighted by Crippen LogP contribution is 2.33. The van der Waals surface area contributed by atoms with Crippen LogP contribution in [-0.2, 0) is 30.7 Å². The minimum absolute atomic E-state index is 0.147. The average molecular weight is 352 g/mol. The van der Waals surface area contributed by atoms with Gasteiger partial charge in [-0.1, -0.05) is 24.3 Å². The maximum atomic E-state index is 13.1. The summed E-state index contributed by atoms with van der Waals surface area (Å²) in [5.74, 6) is 1.64. The van der Waals surface area contributed by atoms with Gasteiger partial charge < -0.3 is 19.7 Å². The summed E-state index contributed by atoms with van der Waals surface area (Å²) in [6, 6.07) is 12.2. The Morgan fingerprint density at radius 2 is 1.73 bits per heavy atom. The van der Waals surface area contributed by atoms with E-state index in [1.807, 2.05) is 29.2 Å². The van der Waals surface area contributed by atoms with Gasteiger partial charge in [0.1, 0.15) is 0 Å². The van der Waals surface area contributed by atoms with Crippen LogP contribution >= 0.6 is 0 Å². The molecule has 0 saturated carbocycles. The van der Waals surface area contributed by atoms with E-state index in [1.54, 1.807) is 14.2 Å². The molecule has 2 aliphatic heterocycles. The summed E-state index contributed by atoms with van der Waals surface area (Å²) in [6.07, 6.45) is 1.59. The molecule has 0 radical (unpaired) electrons. The Labute approximate surface area is 153 Å². The Balaban J connectivity index is 1.51. The van der Waals surface area contributed by atoms with E-state index >= 15 is 0 Å². The molecule has 0 fully saturated rings. The van der Waals surface area contributed by atoms with Gasteiger partial charge in [0.2, 0.25) is 5.91 Å². The molecule has 26 heavy (non-hydrogen) atoms. The number of rotatable bonds is 3. The van der Waals surface area contributed by atoms with E-state index in [0.29, 0.717) is 12.3 Å². The highest BCUT2D eigenvalue weighted by atomic mass is 16.5. The first-order valence-electron chi connectivity index (χ1n) is 9.02. The number of methoxy groups -OCH3 is 2. The number of fused-ring (bicyclic) bond motifs is 2. The molecule has 2 aromatic carbocycles. The Morgan fingerprint density at radius 1 is 1.04 bits per heavy atom. The number of hydrogen-bond donors (Lipinski definition) is 1. The van der Waals surface area contributed by atoms with Gasteiger partial charge in [0.05, 0.1) is 20.3 Å². The molecule has 0 unspecified atom stereocenters. The second-order valence-electron chi connectivity index (χ2n) is 6.89. The van der Waals surface area contributed by atoms with Crippen LogP contribution in [0.3, 0.4) is 0 Å². The third-order valence-electron chi connectivity index (χ3n) is 5.41. The van der Waals surface area contributed by atoms with E-state index < -0.39 is 0 Å². The van der Waals surface area contributed by atoms with Crippen LogP contribution in [0.4, 0.5) is 0 Å². The van der Waals surface area contributed by atoms with Crippen LogP contribution in [0.1, 0.15) is 22.3 Å². The minimum Gasteiger partial charge on any atom is -0.493 e. The molecule has 2 heterocycles. The summed E-state index contributed by atoms with van der Waals surface area (Å²) >= 11 is 0. The fraction of sp³-hybridized carbons (Fsp3) is 0.381. The minimum atomic E-state index is -0.147. The predicted octanol–water partition coefficient (Wildman–Crippen LogP) is 2.30.